The molecule has 0 atom stereocenters. The molecule has 1 aromatic carbocycles. The van der Waals surface area contributed by atoms with Crippen molar-refractivity contribution >= 4 is 42.6 Å². The van der Waals surface area contributed by atoms with Crippen LogP contribution in [0.1, 0.15) is 9.67 Å². The van der Waals surface area contributed by atoms with Crippen LogP contribution in [0.4, 0.5) is 32.0 Å². The highest BCUT2D eigenvalue weighted by atomic mass is 32.2. The summed E-state index contributed by atoms with van der Waals surface area (Å²) in [5, 5.41) is 3.32. The zero-order valence-electron chi connectivity index (χ0n) is 13.0. The fraction of sp³-hybridized carbons (Fsp3) is 0.154. The molecule has 28 heavy (non-hydrogen) atoms. The zero-order chi connectivity index (χ0) is 21.5. The number of rotatable bonds is 4. The van der Waals surface area contributed by atoms with Crippen molar-refractivity contribution in [1.82, 2.24) is 0 Å². The first kappa shape index (κ1) is 22.2. The molecule has 0 saturated carbocycles. The molecule has 0 unspecified atom stereocenters. The first-order valence-electron chi connectivity index (χ1n) is 6.70. The normalized spacial score (nSPS) is 13.4. The fourth-order valence-corrected chi connectivity index (χ4v) is 4.18. The van der Waals surface area contributed by atoms with Crippen molar-refractivity contribution in [3.63, 3.8) is 0 Å². The van der Waals surface area contributed by atoms with Crippen LogP contribution in [0.15, 0.2) is 45.5 Å². The summed E-state index contributed by atoms with van der Waals surface area (Å²) in [5.41, 5.74) is -12.7. The van der Waals surface area contributed by atoms with E-state index in [4.69, 9.17) is 0 Å². The maximum absolute atomic E-state index is 12.8. The second-order valence-electron chi connectivity index (χ2n) is 5.02. The molecular formula is C13H7F6NO5S3. The van der Waals surface area contributed by atoms with Gasteiger partial charge in [-0.15, -0.1) is 11.3 Å². The second-order valence-corrected chi connectivity index (χ2v) is 9.85. The Morgan fingerprint density at radius 1 is 0.857 bits per heavy atom. The molecule has 0 aliphatic heterocycles. The van der Waals surface area contributed by atoms with Crippen LogP contribution in [0.3, 0.4) is 0 Å². The summed E-state index contributed by atoms with van der Waals surface area (Å²) >= 11 is 0.870. The third kappa shape index (κ3) is 4.15. The summed E-state index contributed by atoms with van der Waals surface area (Å²) in [6.45, 7) is 0. The number of halogens is 6. The Morgan fingerprint density at radius 3 is 1.68 bits per heavy atom. The number of amides is 1. The van der Waals surface area contributed by atoms with E-state index in [2.05, 4.69) is 0 Å². The number of thiophene rings is 1. The van der Waals surface area contributed by atoms with E-state index in [1.807, 2.05) is 5.32 Å². The van der Waals surface area contributed by atoms with Gasteiger partial charge >= 0.3 is 11.0 Å². The van der Waals surface area contributed by atoms with Crippen molar-refractivity contribution in [1.29, 1.82) is 0 Å². The van der Waals surface area contributed by atoms with Crippen molar-refractivity contribution in [2.75, 3.05) is 5.32 Å². The molecule has 0 bridgehead atoms. The number of benzene rings is 1. The van der Waals surface area contributed by atoms with E-state index >= 15 is 0 Å². The highest BCUT2D eigenvalue weighted by molar-refractivity contribution is 7.93. The predicted molar refractivity (Wildman–Crippen MR) is 85.2 cm³/mol. The summed E-state index contributed by atoms with van der Waals surface area (Å²) in [5.74, 6) is -0.994. The Bertz CT molecular complexity index is 1040. The molecule has 1 heterocycles. The van der Waals surface area contributed by atoms with Crippen molar-refractivity contribution < 1.29 is 48.0 Å². The van der Waals surface area contributed by atoms with Gasteiger partial charge in [-0.05, 0) is 29.6 Å². The predicted octanol–water partition coefficient (Wildman–Crippen LogP) is 3.59. The molecule has 6 nitrogen and oxygen atoms in total. The molecular weight excluding hydrogens is 460 g/mol. The molecule has 0 aliphatic rings. The number of carbonyl (C=O) groups excluding carboxylic acids is 1. The van der Waals surface area contributed by atoms with Gasteiger partial charge in [0, 0.05) is 5.69 Å². The topological polar surface area (TPSA) is 97.4 Å². The average molecular weight is 467 g/mol. The van der Waals surface area contributed by atoms with Gasteiger partial charge in [-0.3, -0.25) is 4.79 Å². The molecule has 15 heteroatoms. The highest BCUT2D eigenvalue weighted by Gasteiger charge is 2.50. The van der Waals surface area contributed by atoms with Crippen molar-refractivity contribution in [2.45, 2.75) is 20.8 Å². The van der Waals surface area contributed by atoms with E-state index < -0.39 is 52.1 Å². The average Bonchev–Trinajstić information content (AvgIpc) is 3.06. The quantitative estimate of drug-likeness (QED) is 0.694. The minimum Gasteiger partial charge on any atom is -0.321 e. The summed E-state index contributed by atoms with van der Waals surface area (Å²) in [7, 11) is -12.4. The van der Waals surface area contributed by atoms with Gasteiger partial charge < -0.3 is 5.32 Å². The lowest BCUT2D eigenvalue weighted by Crippen LogP contribution is -2.26. The van der Waals surface area contributed by atoms with Gasteiger partial charge in [-0.1, -0.05) is 6.07 Å². The van der Waals surface area contributed by atoms with Crippen LogP contribution in [0.25, 0.3) is 0 Å². The number of alkyl halides is 6. The molecule has 0 saturated heterocycles. The molecule has 1 N–H and O–H groups in total. The Kier molecular flexibility index (Phi) is 5.57. The fourth-order valence-electron chi connectivity index (χ4n) is 1.82. The van der Waals surface area contributed by atoms with E-state index in [1.54, 1.807) is 0 Å². The van der Waals surface area contributed by atoms with Gasteiger partial charge in [0.1, 0.15) is 0 Å². The van der Waals surface area contributed by atoms with Gasteiger partial charge in [-0.25, -0.2) is 16.8 Å². The largest absolute Gasteiger partial charge is 0.501 e. The summed E-state index contributed by atoms with van der Waals surface area (Å²) in [6, 6.07) is 2.84. The number of hydrogen-bond acceptors (Lipinski definition) is 6. The van der Waals surface area contributed by atoms with E-state index in [0.29, 0.717) is 0 Å². The number of hydrogen-bond donors (Lipinski definition) is 1. The van der Waals surface area contributed by atoms with Crippen LogP contribution in [-0.2, 0) is 19.7 Å². The van der Waals surface area contributed by atoms with Crippen LogP contribution < -0.4 is 5.32 Å². The van der Waals surface area contributed by atoms with E-state index in [1.165, 1.54) is 17.5 Å². The molecule has 1 amide bonds. The highest BCUT2D eigenvalue weighted by Crippen LogP contribution is 2.36. The van der Waals surface area contributed by atoms with E-state index in [-0.39, 0.29) is 23.1 Å². The molecule has 2 aromatic rings. The Morgan fingerprint density at radius 2 is 1.32 bits per heavy atom. The summed E-state index contributed by atoms with van der Waals surface area (Å²) in [4.78, 5) is 8.39. The van der Waals surface area contributed by atoms with Gasteiger partial charge in [0.2, 0.25) is 0 Å². The number of anilines is 1. The third-order valence-electron chi connectivity index (χ3n) is 3.11. The van der Waals surface area contributed by atoms with Crippen LogP contribution in [0.5, 0.6) is 0 Å². The standard InChI is InChI=1S/C13H7F6NO5S3/c14-12(15,16)27(22,23)8-4-7(20-11(21)10-2-1-3-26-10)5-9(6-8)28(24,25)13(17,18)19/h1-6H,(H,20,21). The SMILES string of the molecule is O=C(Nc1cc(S(=O)(=O)C(F)(F)F)cc(S(=O)(=O)C(F)(F)F)c1)c1cccs1. The van der Waals surface area contributed by atoms with Crippen LogP contribution >= 0.6 is 11.3 Å². The number of carbonyl (C=O) groups is 1. The molecule has 154 valence electrons. The minimum atomic E-state index is -6.20. The van der Waals surface area contributed by atoms with Crippen LogP contribution in [0, 0.1) is 0 Å². The Hall–Kier alpha value is -2.13. The Labute approximate surface area is 157 Å². The molecule has 0 fully saturated rings. The van der Waals surface area contributed by atoms with Crippen molar-refractivity contribution in [2.24, 2.45) is 0 Å². The summed E-state index contributed by atoms with van der Waals surface area (Å²) in [6.07, 6.45) is 0. The molecule has 0 radical (unpaired) electrons. The molecule has 0 aliphatic carbocycles. The smallest absolute Gasteiger partial charge is 0.321 e. The first-order valence-corrected chi connectivity index (χ1v) is 10.5. The minimum absolute atomic E-state index is 0.00990. The monoisotopic (exact) mass is 467 g/mol. The molecule has 0 spiro atoms. The third-order valence-corrected chi connectivity index (χ3v) is 6.91. The Balaban J connectivity index is 2.68. The zero-order valence-corrected chi connectivity index (χ0v) is 15.4. The second kappa shape index (κ2) is 7.04. The van der Waals surface area contributed by atoms with E-state index in [9.17, 15) is 48.0 Å². The van der Waals surface area contributed by atoms with Gasteiger partial charge in [-0.2, -0.15) is 26.3 Å². The van der Waals surface area contributed by atoms with Crippen LogP contribution in [0.2, 0.25) is 0 Å². The lowest BCUT2D eigenvalue weighted by atomic mass is 10.3. The number of nitrogens with one attached hydrogen (secondary N) is 1. The van der Waals surface area contributed by atoms with Crippen LogP contribution in [-0.4, -0.2) is 33.8 Å². The van der Waals surface area contributed by atoms with Gasteiger partial charge in [0.15, 0.2) is 0 Å². The lowest BCUT2D eigenvalue weighted by Gasteiger charge is -2.14. The summed E-state index contributed by atoms with van der Waals surface area (Å²) < 4.78 is 123. The molecule has 2 rings (SSSR count). The van der Waals surface area contributed by atoms with E-state index in [0.717, 1.165) is 11.3 Å². The molecule has 1 aromatic heterocycles. The lowest BCUT2D eigenvalue weighted by molar-refractivity contribution is -0.0438. The van der Waals surface area contributed by atoms with Gasteiger partial charge in [0.25, 0.3) is 25.6 Å². The van der Waals surface area contributed by atoms with Gasteiger partial charge in [0.05, 0.1) is 14.7 Å². The number of sulfone groups is 2. The van der Waals surface area contributed by atoms with Crippen molar-refractivity contribution in [3.8, 4) is 0 Å². The maximum atomic E-state index is 12.8. The maximum Gasteiger partial charge on any atom is 0.501 e. The van der Waals surface area contributed by atoms with Crippen molar-refractivity contribution in [3.05, 3.63) is 40.6 Å². The first-order chi connectivity index (χ1) is 12.6.